The Morgan fingerprint density at radius 1 is 0.255 bits per heavy atom. The minimum absolute atomic E-state index is 0.490. The molecule has 0 saturated heterocycles. The summed E-state index contributed by atoms with van der Waals surface area (Å²) in [6.07, 6.45) is 0. The molecule has 0 N–H and O–H groups in total. The molecule has 0 spiro atoms. The van der Waals surface area contributed by atoms with Crippen molar-refractivity contribution < 1.29 is 42.5 Å². The maximum Gasteiger partial charge on any atom is 0.0667 e. The zero-order valence-electron chi connectivity index (χ0n) is 56.3. The van der Waals surface area contributed by atoms with E-state index in [0.717, 1.165) is 4.57 Å². The molecular weight excluding hydrogens is 619 g/mol. The van der Waals surface area contributed by atoms with Gasteiger partial charge in [0, 0.05) is 49.4 Å². The van der Waals surface area contributed by atoms with Crippen molar-refractivity contribution >= 4 is 65.4 Å². The molecule has 0 bridgehead atoms. The average molecular weight is 681 g/mol. The van der Waals surface area contributed by atoms with Crippen molar-refractivity contribution in [2.75, 3.05) is 0 Å². The quantitative estimate of drug-likeness (QED) is 0.176. The van der Waals surface area contributed by atoms with Crippen LogP contribution in [0.15, 0.2) is 187 Å². The van der Waals surface area contributed by atoms with E-state index in [-0.39, 0.29) is 0 Å². The van der Waals surface area contributed by atoms with Gasteiger partial charge in [0.05, 0.1) is 75.6 Å². The van der Waals surface area contributed by atoms with Gasteiger partial charge in [0.2, 0.25) is 0 Å². The maximum atomic E-state index is 10.2. The second-order valence-electron chi connectivity index (χ2n) is 11.0. The fourth-order valence-electron chi connectivity index (χ4n) is 6.27. The molecular formula is C48H31N3. The number of nitrogens with zero attached hydrogens (tertiary/aromatic N) is 3. The van der Waals surface area contributed by atoms with Crippen LogP contribution >= 0.6 is 0 Å². The summed E-state index contributed by atoms with van der Waals surface area (Å²) < 4.78 is 283. The average Bonchev–Trinajstić information content (AvgIpc) is 2.66. The Balaban J connectivity index is 1.40. The lowest BCUT2D eigenvalue weighted by Gasteiger charge is -2.13. The third-order valence-corrected chi connectivity index (χ3v) is 8.35. The molecule has 0 radical (unpaired) electrons. The maximum absolute atomic E-state index is 10.2. The molecule has 0 aliphatic heterocycles. The fourth-order valence-corrected chi connectivity index (χ4v) is 6.27. The lowest BCUT2D eigenvalue weighted by atomic mass is 10.1. The molecule has 8 aromatic carbocycles. The van der Waals surface area contributed by atoms with Gasteiger partial charge in [0.1, 0.15) is 0 Å². The van der Waals surface area contributed by atoms with Crippen LogP contribution in [0.2, 0.25) is 0 Å². The van der Waals surface area contributed by atoms with E-state index < -0.39 is 281 Å². The number of fused-ring (bicyclic) bond motifs is 9. The van der Waals surface area contributed by atoms with E-state index in [1.807, 2.05) is 0 Å². The third-order valence-electron chi connectivity index (χ3n) is 8.35. The molecule has 51 heavy (non-hydrogen) atoms. The van der Waals surface area contributed by atoms with Crippen LogP contribution in [-0.2, 0) is 0 Å². The van der Waals surface area contributed by atoms with E-state index in [2.05, 4.69) is 0 Å². The van der Waals surface area contributed by atoms with Crippen LogP contribution in [0.5, 0.6) is 0 Å². The molecule has 238 valence electrons. The van der Waals surface area contributed by atoms with E-state index >= 15 is 0 Å². The van der Waals surface area contributed by atoms with Crippen molar-refractivity contribution in [3.8, 4) is 28.2 Å². The summed E-state index contributed by atoms with van der Waals surface area (Å²) in [5.74, 6) is 0. The summed E-state index contributed by atoms with van der Waals surface area (Å²) in [7, 11) is 0. The predicted molar refractivity (Wildman–Crippen MR) is 215 cm³/mol. The topological polar surface area (TPSA) is 14.8 Å². The molecule has 3 heterocycles. The van der Waals surface area contributed by atoms with Crippen molar-refractivity contribution in [2.24, 2.45) is 0 Å². The molecule has 3 heteroatoms. The zero-order valence-corrected chi connectivity index (χ0v) is 25.3. The standard InChI is InChI=1S/C48H31N3/c1-2-13-32(14-3-1)33-15-12-16-34(29-33)51-45-23-10-6-19-39(45)41-27-25-36(31-48(41)51)50-46-24-11-7-20-40(46)42-30-35(26-28-47(42)50)49-43-21-8-4-17-37(43)38-18-5-9-22-44(38)49/h1-31H/i1D,2D,3D,4D,5D,6D,7D,8D,9D,10D,11D,12D,13D,14D,15D,16D,17D,18D,19D,20D,21D,22D,23D,24D,25D,26D,27D,28D,29D,30D,31D. The first-order chi connectivity index (χ1) is 38.2. The van der Waals surface area contributed by atoms with Crippen molar-refractivity contribution in [3.63, 3.8) is 0 Å². The second kappa shape index (κ2) is 10.8. The normalized spacial score (nSPS) is 20.4. The molecule has 0 unspecified atom stereocenters. The lowest BCUT2D eigenvalue weighted by Crippen LogP contribution is -1.98. The van der Waals surface area contributed by atoms with Gasteiger partial charge in [-0.25, -0.2) is 0 Å². The monoisotopic (exact) mass is 680 g/mol. The molecule has 0 saturated carbocycles. The van der Waals surface area contributed by atoms with Gasteiger partial charge in [0.15, 0.2) is 0 Å². The number of rotatable bonds is 4. The highest BCUT2D eigenvalue weighted by Crippen LogP contribution is 2.39. The van der Waals surface area contributed by atoms with Crippen LogP contribution in [0.25, 0.3) is 93.6 Å². The molecule has 11 aromatic rings. The number of para-hydroxylation sites is 4. The van der Waals surface area contributed by atoms with E-state index in [1.54, 1.807) is 0 Å². The van der Waals surface area contributed by atoms with Crippen LogP contribution in [-0.4, -0.2) is 13.7 Å². The Labute approximate surface area is 338 Å². The van der Waals surface area contributed by atoms with Gasteiger partial charge < -0.3 is 13.7 Å². The first-order valence-electron chi connectivity index (χ1n) is 30.5. The van der Waals surface area contributed by atoms with Gasteiger partial charge in [-0.15, -0.1) is 0 Å². The van der Waals surface area contributed by atoms with Crippen LogP contribution in [0.3, 0.4) is 0 Å². The van der Waals surface area contributed by atoms with Crippen molar-refractivity contribution in [2.45, 2.75) is 0 Å². The van der Waals surface area contributed by atoms with Crippen LogP contribution < -0.4 is 0 Å². The van der Waals surface area contributed by atoms with Crippen molar-refractivity contribution in [3.05, 3.63) is 187 Å². The Morgan fingerprint density at radius 2 is 0.667 bits per heavy atom. The van der Waals surface area contributed by atoms with E-state index in [4.69, 9.17) is 27.4 Å². The summed E-state index contributed by atoms with van der Waals surface area (Å²) in [6.45, 7) is 0. The number of aromatic nitrogens is 3. The number of benzene rings is 8. The van der Waals surface area contributed by atoms with Crippen LogP contribution in [0, 0.1) is 0 Å². The molecule has 0 aliphatic carbocycles. The summed E-state index contributed by atoms with van der Waals surface area (Å²) >= 11 is 0. The van der Waals surface area contributed by atoms with Gasteiger partial charge in [-0.3, -0.25) is 0 Å². The van der Waals surface area contributed by atoms with Gasteiger partial charge >= 0.3 is 0 Å². The van der Waals surface area contributed by atoms with E-state index in [1.165, 1.54) is 0 Å². The first-order valence-corrected chi connectivity index (χ1v) is 15.0. The Morgan fingerprint density at radius 3 is 1.27 bits per heavy atom. The smallest absolute Gasteiger partial charge is 0.0667 e. The molecule has 0 atom stereocenters. The zero-order chi connectivity index (χ0) is 60.4. The van der Waals surface area contributed by atoms with Gasteiger partial charge in [-0.2, -0.15) is 0 Å². The molecule has 0 amide bonds. The Bertz CT molecular complexity index is 4830. The SMILES string of the molecule is [2H]c1c([2H])c([2H])c(-c2c([2H])c([2H])c([2H])c(-n3c4c([2H])c([2H])c([2H])c([2H])c4c4c([2H])c([2H])c(-n5c6c([2H])c([2H])c([2H])c([2H])c6c6c([2H])c(-n7c8c([2H])c([2H])c([2H])c([2H])c8c8c([2H])c([2H])c([2H])c([2H])c87)c([2H])c([2H])c65)c([2H])c43)c2[2H])c([2H])c1[2H]. The summed E-state index contributed by atoms with van der Waals surface area (Å²) in [4.78, 5) is 0. The largest absolute Gasteiger partial charge is 0.309 e. The Hall–Kier alpha value is -6.84. The van der Waals surface area contributed by atoms with Gasteiger partial charge in [0.25, 0.3) is 0 Å². The van der Waals surface area contributed by atoms with Crippen LogP contribution in [0.4, 0.5) is 0 Å². The Kier molecular flexibility index (Phi) is 2.41. The molecule has 11 rings (SSSR count). The minimum atomic E-state index is -1.09. The molecule has 3 nitrogen and oxygen atoms in total. The van der Waals surface area contributed by atoms with Gasteiger partial charge in [-0.1, -0.05) is 121 Å². The summed E-state index contributed by atoms with van der Waals surface area (Å²) in [5.41, 5.74) is -8.56. The summed E-state index contributed by atoms with van der Waals surface area (Å²) in [6, 6.07) is -29.6. The molecule has 3 aromatic heterocycles. The fraction of sp³-hybridized carbons (Fsp3) is 0. The minimum Gasteiger partial charge on any atom is -0.309 e. The second-order valence-corrected chi connectivity index (χ2v) is 11.0. The number of hydrogen-bond donors (Lipinski definition) is 0. The highest BCUT2D eigenvalue weighted by atomic mass is 15.0. The van der Waals surface area contributed by atoms with Crippen LogP contribution in [0.1, 0.15) is 42.5 Å². The third kappa shape index (κ3) is 4.12. The van der Waals surface area contributed by atoms with Crippen molar-refractivity contribution in [1.29, 1.82) is 0 Å². The molecule has 0 aliphatic rings. The highest BCUT2D eigenvalue weighted by Gasteiger charge is 2.18. The predicted octanol–water partition coefficient (Wildman–Crippen LogP) is 12.6. The summed E-state index contributed by atoms with van der Waals surface area (Å²) in [5, 5.41) is -3.61. The van der Waals surface area contributed by atoms with Crippen molar-refractivity contribution in [1.82, 2.24) is 13.7 Å². The lowest BCUT2D eigenvalue weighted by molar-refractivity contribution is 1.15. The first kappa shape index (κ1) is 11.3. The van der Waals surface area contributed by atoms with E-state index in [9.17, 15) is 15.1 Å². The van der Waals surface area contributed by atoms with Gasteiger partial charge in [-0.05, 0) is 77.6 Å². The van der Waals surface area contributed by atoms with E-state index in [0.29, 0.717) is 9.13 Å². The number of hydrogen-bond acceptors (Lipinski definition) is 0. The molecule has 0 fully saturated rings. The highest BCUT2D eigenvalue weighted by molar-refractivity contribution is 6.13.